The van der Waals surface area contributed by atoms with Gasteiger partial charge in [-0.25, -0.2) is 14.8 Å². The Morgan fingerprint density at radius 1 is 1.22 bits per heavy atom. The van der Waals surface area contributed by atoms with E-state index in [4.69, 9.17) is 4.74 Å². The first-order valence-electron chi connectivity index (χ1n) is 12.8. The monoisotopic (exact) mass is 491 g/mol. The van der Waals surface area contributed by atoms with Crippen molar-refractivity contribution in [2.75, 3.05) is 43.4 Å². The van der Waals surface area contributed by atoms with Crippen molar-refractivity contribution in [3.63, 3.8) is 0 Å². The SMILES string of the molecule is CN1CCC(c2ccc(Nc3nc(N(C(=O)OC(C)(C)C)[C@@H]4CCCNC4)cnc3C#N)cc2)CC1. The summed E-state index contributed by atoms with van der Waals surface area (Å²) in [5.74, 6) is 1.25. The van der Waals surface area contributed by atoms with Gasteiger partial charge in [-0.15, -0.1) is 0 Å². The van der Waals surface area contributed by atoms with E-state index in [9.17, 15) is 10.1 Å². The number of hydrogen-bond donors (Lipinski definition) is 2. The molecule has 2 aliphatic rings. The second-order valence-corrected chi connectivity index (χ2v) is 10.7. The average Bonchev–Trinajstić information content (AvgIpc) is 2.85. The van der Waals surface area contributed by atoms with E-state index in [1.54, 1.807) is 4.90 Å². The fraction of sp³-hybridized carbons (Fsp3) is 0.556. The largest absolute Gasteiger partial charge is 0.443 e. The molecule has 9 heteroatoms. The summed E-state index contributed by atoms with van der Waals surface area (Å²) in [5, 5.41) is 16.3. The Morgan fingerprint density at radius 2 is 1.94 bits per heavy atom. The van der Waals surface area contributed by atoms with E-state index in [0.717, 1.165) is 51.0 Å². The first kappa shape index (κ1) is 25.9. The van der Waals surface area contributed by atoms with Gasteiger partial charge in [0.1, 0.15) is 11.7 Å². The van der Waals surface area contributed by atoms with Crippen LogP contribution in [0.25, 0.3) is 0 Å². The van der Waals surface area contributed by atoms with E-state index in [2.05, 4.69) is 50.8 Å². The average molecular weight is 492 g/mol. The molecule has 36 heavy (non-hydrogen) atoms. The minimum atomic E-state index is -0.645. The minimum Gasteiger partial charge on any atom is -0.443 e. The topological polar surface area (TPSA) is 106 Å². The summed E-state index contributed by atoms with van der Waals surface area (Å²) in [5.41, 5.74) is 1.67. The van der Waals surface area contributed by atoms with Crippen LogP contribution in [-0.4, -0.2) is 65.8 Å². The van der Waals surface area contributed by atoms with Crippen molar-refractivity contribution in [2.45, 2.75) is 64.0 Å². The van der Waals surface area contributed by atoms with E-state index in [1.165, 1.54) is 11.8 Å². The number of nitrogens with zero attached hydrogens (tertiary/aromatic N) is 5. The molecule has 0 saturated carbocycles. The summed E-state index contributed by atoms with van der Waals surface area (Å²) < 4.78 is 5.70. The highest BCUT2D eigenvalue weighted by Gasteiger charge is 2.32. The highest BCUT2D eigenvalue weighted by Crippen LogP contribution is 2.30. The molecule has 2 saturated heterocycles. The number of likely N-dealkylation sites (tertiary alicyclic amines) is 1. The zero-order chi connectivity index (χ0) is 25.7. The zero-order valence-corrected chi connectivity index (χ0v) is 21.8. The van der Waals surface area contributed by atoms with Crippen molar-refractivity contribution in [1.82, 2.24) is 20.2 Å². The van der Waals surface area contributed by atoms with Crippen LogP contribution in [0.1, 0.15) is 63.6 Å². The number of aromatic nitrogens is 2. The number of carbonyl (C=O) groups excluding carboxylic acids is 1. The van der Waals surface area contributed by atoms with Crippen LogP contribution in [0.15, 0.2) is 30.5 Å². The summed E-state index contributed by atoms with van der Waals surface area (Å²) in [6, 6.07) is 10.3. The highest BCUT2D eigenvalue weighted by atomic mass is 16.6. The fourth-order valence-electron chi connectivity index (χ4n) is 4.78. The predicted molar refractivity (Wildman–Crippen MR) is 141 cm³/mol. The third kappa shape index (κ3) is 6.50. The zero-order valence-electron chi connectivity index (χ0n) is 21.8. The minimum absolute atomic E-state index is 0.113. The Bertz CT molecular complexity index is 1080. The van der Waals surface area contributed by atoms with Gasteiger partial charge in [-0.3, -0.25) is 4.90 Å². The maximum atomic E-state index is 13.2. The molecule has 2 fully saturated rings. The van der Waals surface area contributed by atoms with Crippen LogP contribution in [0, 0.1) is 11.3 Å². The lowest BCUT2D eigenvalue weighted by Crippen LogP contribution is -2.50. The molecule has 1 aromatic carbocycles. The first-order chi connectivity index (χ1) is 17.2. The number of nitrogens with one attached hydrogen (secondary N) is 2. The molecule has 3 heterocycles. The number of benzene rings is 1. The van der Waals surface area contributed by atoms with Crippen LogP contribution in [0.4, 0.5) is 22.1 Å². The van der Waals surface area contributed by atoms with Gasteiger partial charge >= 0.3 is 6.09 Å². The van der Waals surface area contributed by atoms with E-state index in [1.807, 2.05) is 32.9 Å². The van der Waals surface area contributed by atoms with Crippen molar-refractivity contribution in [1.29, 1.82) is 5.26 Å². The smallest absolute Gasteiger partial charge is 0.416 e. The van der Waals surface area contributed by atoms with Gasteiger partial charge in [0.2, 0.25) is 0 Å². The van der Waals surface area contributed by atoms with Crippen molar-refractivity contribution >= 4 is 23.4 Å². The van der Waals surface area contributed by atoms with Crippen LogP contribution in [0.5, 0.6) is 0 Å². The van der Waals surface area contributed by atoms with E-state index in [0.29, 0.717) is 24.1 Å². The van der Waals surface area contributed by atoms with Crippen LogP contribution in [0.2, 0.25) is 0 Å². The summed E-state index contributed by atoms with van der Waals surface area (Å²) in [7, 11) is 2.17. The summed E-state index contributed by atoms with van der Waals surface area (Å²) in [4.78, 5) is 26.2. The number of amides is 1. The van der Waals surface area contributed by atoms with Gasteiger partial charge in [0.05, 0.1) is 12.2 Å². The second-order valence-electron chi connectivity index (χ2n) is 10.7. The van der Waals surface area contributed by atoms with E-state index in [-0.39, 0.29) is 11.7 Å². The number of anilines is 3. The van der Waals surface area contributed by atoms with Crippen LogP contribution < -0.4 is 15.5 Å². The summed E-state index contributed by atoms with van der Waals surface area (Å²) >= 11 is 0. The Hall–Kier alpha value is -3.22. The molecule has 0 bridgehead atoms. The van der Waals surface area contributed by atoms with Crippen LogP contribution >= 0.6 is 0 Å². The Kier molecular flexibility index (Phi) is 8.07. The number of hydrogen-bond acceptors (Lipinski definition) is 8. The molecule has 192 valence electrons. The molecule has 2 aliphatic heterocycles. The predicted octanol–water partition coefficient (Wildman–Crippen LogP) is 4.39. The van der Waals surface area contributed by atoms with Gasteiger partial charge in [-0.05, 0) is 96.8 Å². The van der Waals surface area contributed by atoms with E-state index >= 15 is 0 Å². The van der Waals surface area contributed by atoms with Gasteiger partial charge in [-0.2, -0.15) is 5.26 Å². The highest BCUT2D eigenvalue weighted by molar-refractivity contribution is 5.87. The lowest BCUT2D eigenvalue weighted by Gasteiger charge is -2.35. The van der Waals surface area contributed by atoms with Gasteiger partial charge in [0.15, 0.2) is 17.3 Å². The van der Waals surface area contributed by atoms with Crippen molar-refractivity contribution < 1.29 is 9.53 Å². The normalized spacial score (nSPS) is 19.4. The van der Waals surface area contributed by atoms with Crippen molar-refractivity contribution in [2.24, 2.45) is 0 Å². The molecule has 2 aromatic rings. The Labute approximate surface area is 213 Å². The fourth-order valence-corrected chi connectivity index (χ4v) is 4.78. The Balaban J connectivity index is 1.57. The number of piperidine rings is 2. The number of ether oxygens (including phenoxy) is 1. The van der Waals surface area contributed by atoms with Crippen molar-refractivity contribution in [3.05, 3.63) is 41.7 Å². The Morgan fingerprint density at radius 3 is 2.56 bits per heavy atom. The molecule has 2 N–H and O–H groups in total. The maximum absolute atomic E-state index is 13.2. The molecule has 0 spiro atoms. The van der Waals surface area contributed by atoms with Gasteiger partial charge in [-0.1, -0.05) is 12.1 Å². The van der Waals surface area contributed by atoms with E-state index < -0.39 is 11.7 Å². The van der Waals surface area contributed by atoms with Crippen molar-refractivity contribution in [3.8, 4) is 6.07 Å². The maximum Gasteiger partial charge on any atom is 0.416 e. The molecule has 9 nitrogen and oxygen atoms in total. The lowest BCUT2D eigenvalue weighted by atomic mass is 9.89. The molecule has 0 radical (unpaired) electrons. The molecule has 1 amide bonds. The molecule has 4 rings (SSSR count). The number of carbonyl (C=O) groups is 1. The summed E-state index contributed by atoms with van der Waals surface area (Å²) in [6.45, 7) is 9.31. The quantitative estimate of drug-likeness (QED) is 0.634. The van der Waals surface area contributed by atoms with Crippen LogP contribution in [-0.2, 0) is 4.74 Å². The molecule has 1 aromatic heterocycles. The molecule has 0 unspecified atom stereocenters. The number of nitriles is 1. The lowest BCUT2D eigenvalue weighted by molar-refractivity contribution is 0.0559. The van der Waals surface area contributed by atoms with Gasteiger partial charge in [0.25, 0.3) is 0 Å². The molecular weight excluding hydrogens is 454 g/mol. The third-order valence-corrected chi connectivity index (χ3v) is 6.70. The third-order valence-electron chi connectivity index (χ3n) is 6.70. The molecule has 1 atom stereocenters. The molecule has 0 aliphatic carbocycles. The molecular formula is C27H37N7O2. The first-order valence-corrected chi connectivity index (χ1v) is 12.8. The van der Waals surface area contributed by atoms with Crippen LogP contribution in [0.3, 0.4) is 0 Å². The number of rotatable bonds is 5. The van der Waals surface area contributed by atoms with Gasteiger partial charge in [0, 0.05) is 12.2 Å². The standard InChI is InChI=1S/C27H37N7O2/c1-27(2,3)36-26(35)34(22-6-5-13-29-17-22)24-18-30-23(16-28)25(32-24)31-21-9-7-19(8-10-21)20-11-14-33(4)15-12-20/h7-10,18,20,22,29H,5-6,11-15,17H2,1-4H3,(H,31,32)/t22-/m1/s1. The van der Waals surface area contributed by atoms with Gasteiger partial charge < -0.3 is 20.3 Å². The summed E-state index contributed by atoms with van der Waals surface area (Å²) in [6.07, 6.45) is 5.10. The second kappa shape index (κ2) is 11.2.